The van der Waals surface area contributed by atoms with Crippen molar-refractivity contribution < 1.29 is 36.0 Å². The van der Waals surface area contributed by atoms with Crippen molar-refractivity contribution in [1.82, 2.24) is 0 Å². The summed E-state index contributed by atoms with van der Waals surface area (Å²) in [4.78, 5) is 22.2. The largest absolute Gasteiger partial charge is 0.508 e. The minimum Gasteiger partial charge on any atom is -0.486 e. The highest BCUT2D eigenvalue weighted by molar-refractivity contribution is 7.81. The van der Waals surface area contributed by atoms with Crippen LogP contribution in [0.1, 0.15) is 30.6 Å². The molecule has 0 fully saturated rings. The van der Waals surface area contributed by atoms with Gasteiger partial charge in [0, 0.05) is 0 Å². The van der Waals surface area contributed by atoms with Gasteiger partial charge in [-0.3, -0.25) is 14.9 Å². The smallest absolute Gasteiger partial charge is 0.486 e. The summed E-state index contributed by atoms with van der Waals surface area (Å²) in [7, 11) is 0. The van der Waals surface area contributed by atoms with Crippen LogP contribution < -0.4 is 8.92 Å². The fourth-order valence-corrected chi connectivity index (χ4v) is 2.49. The van der Waals surface area contributed by atoms with Crippen molar-refractivity contribution in [2.24, 2.45) is 0 Å². The molecule has 11 heteroatoms. The Morgan fingerprint density at radius 1 is 1.39 bits per heavy atom. The van der Waals surface area contributed by atoms with Crippen LogP contribution in [-0.2, 0) is 11.1 Å². The Bertz CT molecular complexity index is 715. The van der Waals surface area contributed by atoms with Crippen molar-refractivity contribution in [3.05, 3.63) is 27.8 Å². The number of nitrogens with zero attached hydrogens (tertiary/aromatic N) is 1. The van der Waals surface area contributed by atoms with E-state index >= 15 is 0 Å². The molecule has 0 bridgehead atoms. The first-order valence-electron chi connectivity index (χ1n) is 6.13. The molecule has 0 saturated carbocycles. The van der Waals surface area contributed by atoms with Gasteiger partial charge in [0.25, 0.3) is 0 Å². The number of ether oxygens (including phenoxy) is 1. The zero-order chi connectivity index (χ0) is 17.6. The third-order valence-electron chi connectivity index (χ3n) is 2.89. The maximum atomic E-state index is 12.3. The molecular formula is C12H10F3NO6S. The summed E-state index contributed by atoms with van der Waals surface area (Å²) in [5, 5.41) is 11.2. The summed E-state index contributed by atoms with van der Waals surface area (Å²) in [5.74, 6) is -1.73. The van der Waals surface area contributed by atoms with Crippen LogP contribution in [-0.4, -0.2) is 26.0 Å². The first kappa shape index (κ1) is 17.2. The van der Waals surface area contributed by atoms with E-state index in [-0.39, 0.29) is 12.2 Å². The molecule has 0 amide bonds. The van der Waals surface area contributed by atoms with Gasteiger partial charge in [-0.15, -0.1) is 0 Å². The first-order chi connectivity index (χ1) is 10.4. The van der Waals surface area contributed by atoms with Crippen LogP contribution in [0.3, 0.4) is 0 Å². The van der Waals surface area contributed by atoms with E-state index in [9.17, 15) is 32.3 Å². The van der Waals surface area contributed by atoms with Gasteiger partial charge in [0.2, 0.25) is 5.75 Å². The van der Waals surface area contributed by atoms with Gasteiger partial charge in [-0.05, 0) is 26.0 Å². The van der Waals surface area contributed by atoms with Gasteiger partial charge in [0.05, 0.1) is 11.3 Å². The molecule has 7 nitrogen and oxygen atoms in total. The second-order valence-corrected chi connectivity index (χ2v) is 6.37. The number of nitro groups is 1. The third kappa shape index (κ3) is 3.44. The lowest BCUT2D eigenvalue weighted by atomic mass is 9.92. The quantitative estimate of drug-likeness (QED) is 0.612. The molecule has 1 unspecified atom stereocenters. The molecular weight excluding hydrogens is 343 g/mol. The van der Waals surface area contributed by atoms with E-state index in [4.69, 9.17) is 4.74 Å². The number of fused-ring (bicyclic) bond motifs is 1. The number of halogens is 3. The van der Waals surface area contributed by atoms with Crippen molar-refractivity contribution in [1.29, 1.82) is 0 Å². The van der Waals surface area contributed by atoms with Crippen LogP contribution >= 0.6 is 0 Å². The van der Waals surface area contributed by atoms with Crippen LogP contribution in [0.15, 0.2) is 12.1 Å². The number of benzene rings is 1. The van der Waals surface area contributed by atoms with E-state index in [2.05, 4.69) is 4.18 Å². The number of carbonyl (C=O) groups excluding carboxylic acids is 1. The topological polar surface area (TPSA) is 95.7 Å². The van der Waals surface area contributed by atoms with E-state index in [1.54, 1.807) is 13.8 Å². The molecule has 0 aromatic heterocycles. The lowest BCUT2D eigenvalue weighted by Crippen LogP contribution is -2.36. The fourth-order valence-electron chi connectivity index (χ4n) is 2.09. The Morgan fingerprint density at radius 2 is 2.00 bits per heavy atom. The maximum absolute atomic E-state index is 12.3. The molecule has 1 aliphatic rings. The van der Waals surface area contributed by atoms with Crippen molar-refractivity contribution in [2.45, 2.75) is 31.4 Å². The van der Waals surface area contributed by atoms with Gasteiger partial charge in [0.1, 0.15) is 16.9 Å². The van der Waals surface area contributed by atoms with Crippen LogP contribution in [0.4, 0.5) is 18.9 Å². The Labute approximate surface area is 130 Å². The zero-order valence-corrected chi connectivity index (χ0v) is 12.6. The van der Waals surface area contributed by atoms with E-state index < -0.39 is 49.9 Å². The molecule has 23 heavy (non-hydrogen) atoms. The summed E-state index contributed by atoms with van der Waals surface area (Å²) in [6, 6.07) is 1.89. The predicted octanol–water partition coefficient (Wildman–Crippen LogP) is 2.90. The standard InChI is InChI=1S/C12H10F3NO6S/c1-11(2)5-6(17)9-7(21-11)3-4-8(10(9)16(18)19)22-23(20)12(13,14)15/h3-4H,5H2,1-2H3. The molecule has 1 aromatic rings. The highest BCUT2D eigenvalue weighted by Crippen LogP contribution is 2.43. The van der Waals surface area contributed by atoms with E-state index in [1.807, 2.05) is 0 Å². The second-order valence-electron chi connectivity index (χ2n) is 5.27. The molecule has 2 rings (SSSR count). The Kier molecular flexibility index (Phi) is 4.09. The Hall–Kier alpha value is -2.17. The van der Waals surface area contributed by atoms with Crippen LogP contribution in [0.25, 0.3) is 0 Å². The third-order valence-corrected chi connectivity index (χ3v) is 3.60. The Balaban J connectivity index is 2.56. The van der Waals surface area contributed by atoms with Gasteiger partial charge in [-0.2, -0.15) is 13.2 Å². The average Bonchev–Trinajstić information content (AvgIpc) is 2.36. The Morgan fingerprint density at radius 3 is 2.52 bits per heavy atom. The highest BCUT2D eigenvalue weighted by atomic mass is 32.2. The fraction of sp³-hybridized carbons (Fsp3) is 0.417. The van der Waals surface area contributed by atoms with Crippen LogP contribution in [0, 0.1) is 10.1 Å². The molecule has 0 radical (unpaired) electrons. The number of alkyl halides is 3. The normalized spacial score (nSPS) is 17.9. The van der Waals surface area contributed by atoms with Gasteiger partial charge in [0.15, 0.2) is 5.78 Å². The second kappa shape index (κ2) is 5.48. The summed E-state index contributed by atoms with van der Waals surface area (Å²) < 4.78 is 57.4. The number of rotatable bonds is 3. The van der Waals surface area contributed by atoms with Crippen molar-refractivity contribution >= 4 is 22.6 Å². The average molecular weight is 353 g/mol. The number of hydrogen-bond donors (Lipinski definition) is 0. The molecule has 0 spiro atoms. The molecule has 1 aliphatic heterocycles. The number of hydrogen-bond acceptors (Lipinski definition) is 6. The molecule has 0 N–H and O–H groups in total. The summed E-state index contributed by atoms with van der Waals surface area (Å²) in [6.45, 7) is 3.17. The van der Waals surface area contributed by atoms with Crippen molar-refractivity contribution in [2.75, 3.05) is 0 Å². The molecule has 1 atom stereocenters. The number of nitro benzene ring substituents is 1. The SMILES string of the molecule is CC1(C)CC(=O)c2c(ccc(OS(=O)C(F)(F)F)c2[N+](=O)[O-])O1. The van der Waals surface area contributed by atoms with Crippen LogP contribution in [0.5, 0.6) is 11.5 Å². The molecule has 1 aromatic carbocycles. The molecule has 1 heterocycles. The van der Waals surface area contributed by atoms with Crippen LogP contribution in [0.2, 0.25) is 0 Å². The summed E-state index contributed by atoms with van der Waals surface area (Å²) in [6.07, 6.45) is -0.202. The predicted molar refractivity (Wildman–Crippen MR) is 71.6 cm³/mol. The van der Waals surface area contributed by atoms with E-state index in [0.29, 0.717) is 0 Å². The van der Waals surface area contributed by atoms with Crippen molar-refractivity contribution in [3.63, 3.8) is 0 Å². The minimum absolute atomic E-state index is 0.136. The van der Waals surface area contributed by atoms with E-state index in [0.717, 1.165) is 12.1 Å². The number of ketones is 1. The van der Waals surface area contributed by atoms with Crippen molar-refractivity contribution in [3.8, 4) is 11.5 Å². The van der Waals surface area contributed by atoms with Gasteiger partial charge >= 0.3 is 22.3 Å². The number of Topliss-reactive ketones (excluding diaryl/α,β-unsaturated/α-hetero) is 1. The highest BCUT2D eigenvalue weighted by Gasteiger charge is 2.43. The van der Waals surface area contributed by atoms with Gasteiger partial charge in [-0.25, -0.2) is 4.21 Å². The van der Waals surface area contributed by atoms with E-state index in [1.165, 1.54) is 0 Å². The van der Waals surface area contributed by atoms with Gasteiger partial charge in [-0.1, -0.05) is 0 Å². The minimum atomic E-state index is -5.22. The van der Waals surface area contributed by atoms with Gasteiger partial charge < -0.3 is 8.92 Å². The lowest BCUT2D eigenvalue weighted by Gasteiger charge is -2.31. The first-order valence-corrected chi connectivity index (χ1v) is 7.20. The number of carbonyl (C=O) groups is 1. The summed E-state index contributed by atoms with van der Waals surface area (Å²) >= 11 is -3.80. The molecule has 126 valence electrons. The zero-order valence-electron chi connectivity index (χ0n) is 11.8. The molecule has 0 aliphatic carbocycles. The molecule has 0 saturated heterocycles. The monoisotopic (exact) mass is 353 g/mol. The summed E-state index contributed by atoms with van der Waals surface area (Å²) in [5.41, 5.74) is -7.62. The lowest BCUT2D eigenvalue weighted by molar-refractivity contribution is -0.385. The maximum Gasteiger partial charge on any atom is 0.508 e.